The van der Waals surface area contributed by atoms with Crippen LogP contribution in [0.2, 0.25) is 0 Å². The number of aromatic amines is 2. The number of nitrogens with one attached hydrogen (secondary N) is 2. The predicted octanol–water partition coefficient (Wildman–Crippen LogP) is 2.66. The lowest BCUT2D eigenvalue weighted by Crippen LogP contribution is -1.97. The Morgan fingerprint density at radius 3 is 2.88 bits per heavy atom. The average Bonchev–Trinajstić information content (AvgIpc) is 3.27. The number of hydrogen-bond donors (Lipinski definition) is 2. The molecule has 0 aliphatic carbocycles. The van der Waals surface area contributed by atoms with Crippen LogP contribution in [0.5, 0.6) is 0 Å². The summed E-state index contributed by atoms with van der Waals surface area (Å²) in [6, 6.07) is 7.63. The highest BCUT2D eigenvalue weighted by Crippen LogP contribution is 2.29. The minimum absolute atomic E-state index is 0.524. The van der Waals surface area contributed by atoms with Crippen LogP contribution in [0.4, 0.5) is 0 Å². The molecule has 0 amide bonds. The number of fused-ring (bicyclic) bond motifs is 2. The van der Waals surface area contributed by atoms with Gasteiger partial charge in [-0.3, -0.25) is 10.1 Å². The van der Waals surface area contributed by atoms with Crippen LogP contribution < -0.4 is 0 Å². The van der Waals surface area contributed by atoms with Crippen LogP contribution in [0.25, 0.3) is 45.0 Å². The molecule has 0 saturated heterocycles. The molecule has 8 heteroatoms. The summed E-state index contributed by atoms with van der Waals surface area (Å²) in [4.78, 5) is 25.4. The van der Waals surface area contributed by atoms with Gasteiger partial charge in [-0.2, -0.15) is 5.10 Å². The van der Waals surface area contributed by atoms with E-state index in [0.29, 0.717) is 34.1 Å². The van der Waals surface area contributed by atoms with Gasteiger partial charge in [0.2, 0.25) is 0 Å². The van der Waals surface area contributed by atoms with E-state index in [1.165, 1.54) is 0 Å². The Balaban J connectivity index is 1.82. The first-order chi connectivity index (χ1) is 12.3. The van der Waals surface area contributed by atoms with Crippen molar-refractivity contribution in [3.8, 4) is 22.9 Å². The summed E-state index contributed by atoms with van der Waals surface area (Å²) in [6.07, 6.45) is 5.08. The van der Waals surface area contributed by atoms with Crippen molar-refractivity contribution in [3.63, 3.8) is 0 Å². The number of H-pyrrole nitrogens is 2. The second-order valence-electron chi connectivity index (χ2n) is 5.65. The number of imidazole rings is 1. The van der Waals surface area contributed by atoms with Crippen LogP contribution in [0.15, 0.2) is 43.0 Å². The Morgan fingerprint density at radius 1 is 1.00 bits per heavy atom. The number of pyridine rings is 2. The minimum atomic E-state index is 0.524. The van der Waals surface area contributed by atoms with Crippen molar-refractivity contribution in [2.75, 3.05) is 0 Å². The first-order valence-corrected chi connectivity index (χ1v) is 7.73. The summed E-state index contributed by atoms with van der Waals surface area (Å²) < 4.78 is 0. The molecule has 5 aromatic rings. The van der Waals surface area contributed by atoms with E-state index in [9.17, 15) is 0 Å². The van der Waals surface area contributed by atoms with Gasteiger partial charge in [-0.25, -0.2) is 19.9 Å². The largest absolute Gasteiger partial charge is 0.329 e. The lowest BCUT2D eigenvalue weighted by atomic mass is 10.2. The third-order valence-corrected chi connectivity index (χ3v) is 3.99. The van der Waals surface area contributed by atoms with E-state index in [0.717, 1.165) is 16.6 Å². The van der Waals surface area contributed by atoms with Crippen molar-refractivity contribution in [2.24, 2.45) is 0 Å². The van der Waals surface area contributed by atoms with E-state index in [4.69, 9.17) is 4.98 Å². The molecular weight excluding hydrogens is 316 g/mol. The first-order valence-electron chi connectivity index (χ1n) is 7.73. The summed E-state index contributed by atoms with van der Waals surface area (Å²) in [7, 11) is 0. The zero-order chi connectivity index (χ0) is 16.8. The van der Waals surface area contributed by atoms with E-state index in [-0.39, 0.29) is 0 Å². The maximum absolute atomic E-state index is 4.71. The summed E-state index contributed by atoms with van der Waals surface area (Å²) in [5.74, 6) is 0.524. The van der Waals surface area contributed by atoms with Crippen molar-refractivity contribution < 1.29 is 0 Å². The number of aromatic nitrogens is 8. The fourth-order valence-electron chi connectivity index (χ4n) is 2.82. The van der Waals surface area contributed by atoms with Gasteiger partial charge < -0.3 is 4.98 Å². The molecule has 0 saturated carbocycles. The molecule has 5 heterocycles. The second-order valence-corrected chi connectivity index (χ2v) is 5.65. The second kappa shape index (κ2) is 5.17. The average molecular weight is 328 g/mol. The van der Waals surface area contributed by atoms with Crippen molar-refractivity contribution in [1.82, 2.24) is 40.1 Å². The monoisotopic (exact) mass is 328 g/mol. The maximum Gasteiger partial charge on any atom is 0.181 e. The van der Waals surface area contributed by atoms with E-state index >= 15 is 0 Å². The van der Waals surface area contributed by atoms with E-state index in [1.54, 1.807) is 18.7 Å². The van der Waals surface area contributed by atoms with Gasteiger partial charge >= 0.3 is 0 Å². The Labute approximate surface area is 141 Å². The number of hydrogen-bond acceptors (Lipinski definition) is 6. The smallest absolute Gasteiger partial charge is 0.181 e. The van der Waals surface area contributed by atoms with Gasteiger partial charge in [0, 0.05) is 23.5 Å². The van der Waals surface area contributed by atoms with Gasteiger partial charge in [0.05, 0.1) is 11.8 Å². The molecule has 8 nitrogen and oxygen atoms in total. The SMILES string of the molecule is Cc1cccc(-c2nc(-c3n[nH]c4ccncc34)c3nc[nH]c3n2)n1. The van der Waals surface area contributed by atoms with Gasteiger partial charge in [-0.1, -0.05) is 6.07 Å². The van der Waals surface area contributed by atoms with Gasteiger partial charge in [0.1, 0.15) is 22.6 Å². The molecular formula is C17H12N8. The van der Waals surface area contributed by atoms with E-state index < -0.39 is 0 Å². The predicted molar refractivity (Wildman–Crippen MR) is 92.5 cm³/mol. The molecule has 25 heavy (non-hydrogen) atoms. The topological polar surface area (TPSA) is 109 Å². The first kappa shape index (κ1) is 13.7. The molecule has 5 aromatic heterocycles. The van der Waals surface area contributed by atoms with Gasteiger partial charge in [0.25, 0.3) is 0 Å². The fraction of sp³-hybridized carbons (Fsp3) is 0.0588. The maximum atomic E-state index is 4.71. The quantitative estimate of drug-likeness (QED) is 0.515. The number of aryl methyl sites for hydroxylation is 1. The summed E-state index contributed by atoms with van der Waals surface area (Å²) >= 11 is 0. The van der Waals surface area contributed by atoms with Crippen molar-refractivity contribution in [1.29, 1.82) is 0 Å². The van der Waals surface area contributed by atoms with E-state index in [2.05, 4.69) is 35.1 Å². The van der Waals surface area contributed by atoms with Crippen LogP contribution in [0.3, 0.4) is 0 Å². The Kier molecular flexibility index (Phi) is 2.84. The molecule has 0 radical (unpaired) electrons. The molecule has 2 N–H and O–H groups in total. The lowest BCUT2D eigenvalue weighted by Gasteiger charge is -2.04. The zero-order valence-electron chi connectivity index (χ0n) is 13.2. The molecule has 0 bridgehead atoms. The normalized spacial score (nSPS) is 11.4. The zero-order valence-corrected chi connectivity index (χ0v) is 13.2. The third-order valence-electron chi connectivity index (χ3n) is 3.99. The minimum Gasteiger partial charge on any atom is -0.329 e. The van der Waals surface area contributed by atoms with Crippen molar-refractivity contribution in [3.05, 3.63) is 48.7 Å². The van der Waals surface area contributed by atoms with Crippen LogP contribution in [-0.4, -0.2) is 40.1 Å². The number of rotatable bonds is 2. The summed E-state index contributed by atoms with van der Waals surface area (Å²) in [6.45, 7) is 1.94. The Morgan fingerprint density at radius 2 is 1.96 bits per heavy atom. The molecule has 0 atom stereocenters. The molecule has 0 unspecified atom stereocenters. The standard InChI is InChI=1S/C17H12N8/c1-9-3-2-4-12(21-9)16-22-14(15-17(23-16)20-8-19-15)13-10-7-18-6-5-11(10)24-25-13/h2-8H,1H3,(H,24,25)(H,19,20,22,23). The molecule has 0 spiro atoms. The van der Waals surface area contributed by atoms with Crippen LogP contribution >= 0.6 is 0 Å². The molecule has 0 aliphatic heterocycles. The molecule has 120 valence electrons. The molecule has 0 aliphatic rings. The van der Waals surface area contributed by atoms with Gasteiger partial charge in [-0.15, -0.1) is 0 Å². The van der Waals surface area contributed by atoms with Crippen molar-refractivity contribution >= 4 is 22.1 Å². The van der Waals surface area contributed by atoms with Crippen molar-refractivity contribution in [2.45, 2.75) is 6.92 Å². The van der Waals surface area contributed by atoms with Crippen LogP contribution in [0, 0.1) is 6.92 Å². The Bertz CT molecular complexity index is 1220. The third kappa shape index (κ3) is 2.15. The number of nitrogens with zero attached hydrogens (tertiary/aromatic N) is 6. The Hall–Kier alpha value is -3.68. The summed E-state index contributed by atoms with van der Waals surface area (Å²) in [5.41, 5.74) is 5.14. The fourth-order valence-corrected chi connectivity index (χ4v) is 2.82. The highest BCUT2D eigenvalue weighted by atomic mass is 15.1. The highest BCUT2D eigenvalue weighted by Gasteiger charge is 2.18. The van der Waals surface area contributed by atoms with E-state index in [1.807, 2.05) is 31.2 Å². The summed E-state index contributed by atoms with van der Waals surface area (Å²) in [5, 5.41) is 8.31. The molecule has 5 rings (SSSR count). The highest BCUT2D eigenvalue weighted by molar-refractivity contribution is 5.98. The molecule has 0 fully saturated rings. The van der Waals surface area contributed by atoms with Crippen LogP contribution in [-0.2, 0) is 0 Å². The lowest BCUT2D eigenvalue weighted by molar-refractivity contribution is 1.09. The van der Waals surface area contributed by atoms with Gasteiger partial charge in [-0.05, 0) is 25.1 Å². The van der Waals surface area contributed by atoms with Crippen LogP contribution in [0.1, 0.15) is 5.69 Å². The van der Waals surface area contributed by atoms with Gasteiger partial charge in [0.15, 0.2) is 11.5 Å². The molecule has 0 aromatic carbocycles.